The van der Waals surface area contributed by atoms with Crippen LogP contribution in [0.25, 0.3) is 5.65 Å². The van der Waals surface area contributed by atoms with Crippen molar-refractivity contribution in [3.63, 3.8) is 0 Å². The van der Waals surface area contributed by atoms with Crippen molar-refractivity contribution >= 4 is 11.5 Å². The number of H-pyrrole nitrogens is 1. The highest BCUT2D eigenvalue weighted by Gasteiger charge is 2.19. The molecular weight excluding hydrogens is 292 g/mol. The van der Waals surface area contributed by atoms with E-state index in [1.807, 2.05) is 12.1 Å². The smallest absolute Gasteiger partial charge is 0.347 e. The van der Waals surface area contributed by atoms with Gasteiger partial charge >= 0.3 is 5.69 Å². The zero-order valence-corrected chi connectivity index (χ0v) is 13.5. The minimum Gasteiger partial charge on any atom is -0.367 e. The van der Waals surface area contributed by atoms with Gasteiger partial charge in [-0.2, -0.15) is 0 Å². The Hall–Kier alpha value is -2.70. The molecule has 120 valence electrons. The van der Waals surface area contributed by atoms with Gasteiger partial charge < -0.3 is 5.32 Å². The Morgan fingerprint density at radius 3 is 2.70 bits per heavy atom. The van der Waals surface area contributed by atoms with Crippen LogP contribution in [-0.2, 0) is 11.8 Å². The summed E-state index contributed by atoms with van der Waals surface area (Å²) in [5.41, 5.74) is 2.12. The maximum absolute atomic E-state index is 11.9. The van der Waals surface area contributed by atoms with E-state index in [9.17, 15) is 4.79 Å². The Morgan fingerprint density at radius 2 is 2.00 bits per heavy atom. The number of hydrogen-bond acceptors (Lipinski definition) is 5. The molecule has 2 N–H and O–H groups in total. The quantitative estimate of drug-likeness (QED) is 0.766. The second kappa shape index (κ2) is 5.83. The molecule has 23 heavy (non-hydrogen) atoms. The zero-order valence-electron chi connectivity index (χ0n) is 13.5. The minimum absolute atomic E-state index is 0.160. The van der Waals surface area contributed by atoms with Crippen molar-refractivity contribution in [1.29, 1.82) is 0 Å². The number of fused-ring (bicyclic) bond motifs is 1. The summed E-state index contributed by atoms with van der Waals surface area (Å²) in [6.07, 6.45) is 6.14. The Morgan fingerprint density at radius 1 is 1.26 bits per heavy atom. The standard InChI is InChI=1S/C16H20N6O/c1-16(2,3)12-10-22-14(20-21-15(22)23)13(19-12)18-9-6-11-4-7-17-8-5-11/h4-5,7-8,10H,6,9H2,1-3H3,(H,18,19)(H,21,23). The third-order valence-corrected chi connectivity index (χ3v) is 3.62. The van der Waals surface area contributed by atoms with Crippen LogP contribution < -0.4 is 11.0 Å². The highest BCUT2D eigenvalue weighted by molar-refractivity contribution is 5.62. The largest absolute Gasteiger partial charge is 0.367 e. The summed E-state index contributed by atoms with van der Waals surface area (Å²) in [5, 5.41) is 9.82. The lowest BCUT2D eigenvalue weighted by Crippen LogP contribution is -2.20. The molecule has 0 fully saturated rings. The molecule has 7 heteroatoms. The summed E-state index contributed by atoms with van der Waals surface area (Å²) >= 11 is 0. The van der Waals surface area contributed by atoms with Crippen molar-refractivity contribution in [2.75, 3.05) is 11.9 Å². The van der Waals surface area contributed by atoms with Gasteiger partial charge in [-0.1, -0.05) is 20.8 Å². The van der Waals surface area contributed by atoms with E-state index in [4.69, 9.17) is 0 Å². The third-order valence-electron chi connectivity index (χ3n) is 3.62. The number of aromatic nitrogens is 5. The highest BCUT2D eigenvalue weighted by Crippen LogP contribution is 2.22. The molecule has 0 aliphatic carbocycles. The number of aromatic amines is 1. The predicted molar refractivity (Wildman–Crippen MR) is 88.7 cm³/mol. The highest BCUT2D eigenvalue weighted by atomic mass is 16.1. The fourth-order valence-electron chi connectivity index (χ4n) is 2.27. The van der Waals surface area contributed by atoms with Crippen molar-refractivity contribution in [2.45, 2.75) is 32.6 Å². The normalized spacial score (nSPS) is 11.8. The van der Waals surface area contributed by atoms with Crippen molar-refractivity contribution in [3.05, 3.63) is 52.5 Å². The molecule has 0 atom stereocenters. The Kier molecular flexibility index (Phi) is 3.85. The molecule has 0 bridgehead atoms. The average molecular weight is 312 g/mol. The van der Waals surface area contributed by atoms with E-state index >= 15 is 0 Å². The number of rotatable bonds is 4. The lowest BCUT2D eigenvalue weighted by Gasteiger charge is -2.19. The van der Waals surface area contributed by atoms with Crippen LogP contribution in [0.5, 0.6) is 0 Å². The van der Waals surface area contributed by atoms with Crippen LogP contribution in [0.15, 0.2) is 35.5 Å². The number of nitrogens with one attached hydrogen (secondary N) is 2. The van der Waals surface area contributed by atoms with E-state index in [1.165, 1.54) is 9.96 Å². The average Bonchev–Trinajstić information content (AvgIpc) is 2.89. The predicted octanol–water partition coefficient (Wildman–Crippen LogP) is 1.76. The Labute approximate surface area is 133 Å². The summed E-state index contributed by atoms with van der Waals surface area (Å²) in [4.78, 5) is 20.5. The van der Waals surface area contributed by atoms with Crippen LogP contribution in [0.2, 0.25) is 0 Å². The van der Waals surface area contributed by atoms with Gasteiger partial charge in [0, 0.05) is 30.6 Å². The van der Waals surface area contributed by atoms with E-state index in [0.717, 1.165) is 12.1 Å². The van der Waals surface area contributed by atoms with E-state index in [1.54, 1.807) is 18.6 Å². The molecule has 7 nitrogen and oxygen atoms in total. The fraction of sp³-hybridized carbons (Fsp3) is 0.375. The Balaban J connectivity index is 1.88. The molecule has 3 rings (SSSR count). The van der Waals surface area contributed by atoms with Crippen molar-refractivity contribution < 1.29 is 0 Å². The number of anilines is 1. The van der Waals surface area contributed by atoms with Crippen LogP contribution >= 0.6 is 0 Å². The summed E-state index contributed by atoms with van der Waals surface area (Å²) in [5.74, 6) is 0.616. The second-order valence-electron chi connectivity index (χ2n) is 6.48. The van der Waals surface area contributed by atoms with E-state index in [0.29, 0.717) is 18.0 Å². The monoisotopic (exact) mass is 312 g/mol. The molecule has 0 saturated heterocycles. The van der Waals surface area contributed by atoms with Gasteiger partial charge in [0.05, 0.1) is 5.69 Å². The summed E-state index contributed by atoms with van der Waals surface area (Å²) in [6.45, 7) is 6.88. The maximum Gasteiger partial charge on any atom is 0.347 e. The van der Waals surface area contributed by atoms with Crippen molar-refractivity contribution in [3.8, 4) is 0 Å². The van der Waals surface area contributed by atoms with Crippen LogP contribution in [0.4, 0.5) is 5.82 Å². The van der Waals surface area contributed by atoms with E-state index in [2.05, 4.69) is 46.3 Å². The molecule has 0 spiro atoms. The molecule has 0 amide bonds. The number of hydrogen-bond donors (Lipinski definition) is 2. The topological polar surface area (TPSA) is 88.0 Å². The summed E-state index contributed by atoms with van der Waals surface area (Å²) in [7, 11) is 0. The first kappa shape index (κ1) is 15.2. The van der Waals surface area contributed by atoms with Crippen LogP contribution in [0.3, 0.4) is 0 Å². The SMILES string of the molecule is CC(C)(C)c1cn2c(=O)[nH]nc2c(NCCc2ccncc2)n1. The van der Waals surface area contributed by atoms with E-state index in [-0.39, 0.29) is 11.1 Å². The van der Waals surface area contributed by atoms with Gasteiger partial charge in [-0.05, 0) is 24.1 Å². The van der Waals surface area contributed by atoms with Gasteiger partial charge in [-0.25, -0.2) is 19.3 Å². The Bertz CT molecular complexity index is 860. The second-order valence-corrected chi connectivity index (χ2v) is 6.48. The van der Waals surface area contributed by atoms with Crippen molar-refractivity contribution in [1.82, 2.24) is 24.6 Å². The third kappa shape index (κ3) is 3.23. The number of nitrogens with zero attached hydrogens (tertiary/aromatic N) is 4. The van der Waals surface area contributed by atoms with Crippen LogP contribution in [0, 0.1) is 0 Å². The molecule has 0 unspecified atom stereocenters. The van der Waals surface area contributed by atoms with Crippen LogP contribution in [-0.4, -0.2) is 31.1 Å². The summed E-state index contributed by atoms with van der Waals surface area (Å²) < 4.78 is 1.50. The first-order valence-corrected chi connectivity index (χ1v) is 7.56. The first-order chi connectivity index (χ1) is 10.9. The van der Waals surface area contributed by atoms with Gasteiger partial charge in [-0.3, -0.25) is 4.98 Å². The lowest BCUT2D eigenvalue weighted by atomic mass is 9.93. The fourth-order valence-corrected chi connectivity index (χ4v) is 2.27. The van der Waals surface area contributed by atoms with Gasteiger partial charge in [0.2, 0.25) is 5.65 Å². The molecule has 3 aromatic rings. The lowest BCUT2D eigenvalue weighted by molar-refractivity contribution is 0.565. The molecular formula is C16H20N6O. The van der Waals surface area contributed by atoms with E-state index < -0.39 is 0 Å². The minimum atomic E-state index is -0.259. The molecule has 0 saturated carbocycles. The zero-order chi connectivity index (χ0) is 16.4. The molecule has 0 radical (unpaired) electrons. The molecule has 3 heterocycles. The number of pyridine rings is 1. The van der Waals surface area contributed by atoms with Gasteiger partial charge in [0.1, 0.15) is 0 Å². The molecule has 0 aromatic carbocycles. The molecule has 0 aliphatic heterocycles. The van der Waals surface area contributed by atoms with Gasteiger partial charge in [0.25, 0.3) is 0 Å². The van der Waals surface area contributed by atoms with Crippen molar-refractivity contribution in [2.24, 2.45) is 0 Å². The maximum atomic E-state index is 11.9. The first-order valence-electron chi connectivity index (χ1n) is 7.56. The van der Waals surface area contributed by atoms with Crippen LogP contribution in [0.1, 0.15) is 32.0 Å². The summed E-state index contributed by atoms with van der Waals surface area (Å²) in [6, 6.07) is 3.96. The molecule has 3 aromatic heterocycles. The van der Waals surface area contributed by atoms with Gasteiger partial charge in [-0.15, -0.1) is 5.10 Å². The molecule has 0 aliphatic rings. The van der Waals surface area contributed by atoms with Gasteiger partial charge in [0.15, 0.2) is 5.82 Å².